The maximum Gasteiger partial charge on any atom is 0.320 e. The molecule has 0 radical (unpaired) electrons. The Hall–Kier alpha value is -0.860. The molecule has 3 heteroatoms. The third-order valence-electron chi connectivity index (χ3n) is 2.01. The minimum atomic E-state index is -0.545. The summed E-state index contributed by atoms with van der Waals surface area (Å²) in [5.41, 5.74) is -0.545. The lowest BCUT2D eigenvalue weighted by molar-refractivity contribution is -0.154. The van der Waals surface area contributed by atoms with Crippen LogP contribution in [0.25, 0.3) is 0 Å². The number of esters is 2. The van der Waals surface area contributed by atoms with Gasteiger partial charge in [-0.2, -0.15) is 0 Å². The highest BCUT2D eigenvalue weighted by atomic mass is 16.6. The molecule has 0 saturated carbocycles. The quantitative estimate of drug-likeness (QED) is 0.403. The third-order valence-corrected chi connectivity index (χ3v) is 2.01. The predicted octanol–water partition coefficient (Wildman–Crippen LogP) is 0.876. The molecular formula is C7H10O3. The summed E-state index contributed by atoms with van der Waals surface area (Å²) in [5.74, 6) is -0.769. The molecule has 0 N–H and O–H groups in total. The number of hydrogen-bond acceptors (Lipinski definition) is 3. The molecule has 1 aliphatic heterocycles. The van der Waals surface area contributed by atoms with Crippen molar-refractivity contribution in [3.05, 3.63) is 0 Å². The van der Waals surface area contributed by atoms with Crippen molar-refractivity contribution in [2.45, 2.75) is 26.7 Å². The van der Waals surface area contributed by atoms with Crippen molar-refractivity contribution in [1.82, 2.24) is 0 Å². The molecule has 1 saturated heterocycles. The van der Waals surface area contributed by atoms with E-state index in [1.807, 2.05) is 6.92 Å². The largest absolute Gasteiger partial charge is 0.393 e. The van der Waals surface area contributed by atoms with Gasteiger partial charge in [0.25, 0.3) is 0 Å². The first-order valence-electron chi connectivity index (χ1n) is 3.33. The topological polar surface area (TPSA) is 43.4 Å². The summed E-state index contributed by atoms with van der Waals surface area (Å²) in [4.78, 5) is 21.5. The summed E-state index contributed by atoms with van der Waals surface area (Å²) in [6.07, 6.45) is 0.903. The van der Waals surface area contributed by atoms with Crippen molar-refractivity contribution >= 4 is 11.9 Å². The van der Waals surface area contributed by atoms with Crippen molar-refractivity contribution in [2.24, 2.45) is 5.41 Å². The lowest BCUT2D eigenvalue weighted by Crippen LogP contribution is -2.20. The zero-order valence-electron chi connectivity index (χ0n) is 6.14. The van der Waals surface area contributed by atoms with Crippen molar-refractivity contribution in [3.8, 4) is 0 Å². The van der Waals surface area contributed by atoms with Gasteiger partial charge in [0, 0.05) is 0 Å². The van der Waals surface area contributed by atoms with E-state index in [0.717, 1.165) is 0 Å². The van der Waals surface area contributed by atoms with E-state index in [9.17, 15) is 9.59 Å². The Balaban J connectivity index is 2.80. The molecule has 1 aliphatic rings. The highest BCUT2D eigenvalue weighted by Crippen LogP contribution is 2.33. The molecule has 0 aliphatic carbocycles. The van der Waals surface area contributed by atoms with Gasteiger partial charge < -0.3 is 4.74 Å². The van der Waals surface area contributed by atoms with Crippen LogP contribution in [0.2, 0.25) is 0 Å². The first-order valence-corrected chi connectivity index (χ1v) is 3.33. The highest BCUT2D eigenvalue weighted by Gasteiger charge is 2.43. The van der Waals surface area contributed by atoms with Crippen LogP contribution in [0.1, 0.15) is 26.7 Å². The second kappa shape index (κ2) is 2.08. The van der Waals surface area contributed by atoms with Gasteiger partial charge >= 0.3 is 11.9 Å². The SMILES string of the molecule is CC[C@@]1(C)CC(=O)OC1=O. The molecule has 0 spiro atoms. The molecule has 1 fully saturated rings. The zero-order valence-corrected chi connectivity index (χ0v) is 6.14. The fraction of sp³-hybridized carbons (Fsp3) is 0.714. The van der Waals surface area contributed by atoms with Crippen LogP contribution in [-0.4, -0.2) is 11.9 Å². The number of carbonyl (C=O) groups excluding carboxylic acids is 2. The number of cyclic esters (lactones) is 2. The lowest BCUT2D eigenvalue weighted by atomic mass is 9.86. The van der Waals surface area contributed by atoms with Gasteiger partial charge in [0.15, 0.2) is 0 Å². The van der Waals surface area contributed by atoms with Gasteiger partial charge in [0.2, 0.25) is 0 Å². The van der Waals surface area contributed by atoms with Crippen LogP contribution in [0.4, 0.5) is 0 Å². The van der Waals surface area contributed by atoms with E-state index in [2.05, 4.69) is 4.74 Å². The van der Waals surface area contributed by atoms with Gasteiger partial charge in [-0.25, -0.2) is 0 Å². The number of hydrogen-bond donors (Lipinski definition) is 0. The van der Waals surface area contributed by atoms with Crippen LogP contribution < -0.4 is 0 Å². The Labute approximate surface area is 59.4 Å². The fourth-order valence-corrected chi connectivity index (χ4v) is 0.923. The summed E-state index contributed by atoms with van der Waals surface area (Å²) >= 11 is 0. The Morgan fingerprint density at radius 2 is 2.20 bits per heavy atom. The van der Waals surface area contributed by atoms with Crippen molar-refractivity contribution in [2.75, 3.05) is 0 Å². The Morgan fingerprint density at radius 1 is 1.60 bits per heavy atom. The van der Waals surface area contributed by atoms with E-state index in [0.29, 0.717) is 6.42 Å². The average molecular weight is 142 g/mol. The molecule has 0 aromatic carbocycles. The van der Waals surface area contributed by atoms with Gasteiger partial charge in [-0.05, 0) is 13.3 Å². The smallest absolute Gasteiger partial charge is 0.320 e. The summed E-state index contributed by atoms with van der Waals surface area (Å²) in [5, 5.41) is 0. The van der Waals surface area contributed by atoms with Gasteiger partial charge in [-0.15, -0.1) is 0 Å². The lowest BCUT2D eigenvalue weighted by Gasteiger charge is -2.12. The Bertz CT molecular complexity index is 185. The van der Waals surface area contributed by atoms with E-state index in [-0.39, 0.29) is 12.4 Å². The highest BCUT2D eigenvalue weighted by molar-refractivity contribution is 5.97. The molecule has 0 bridgehead atoms. The van der Waals surface area contributed by atoms with Crippen LogP contribution in [0.3, 0.4) is 0 Å². The van der Waals surface area contributed by atoms with E-state index in [1.54, 1.807) is 6.92 Å². The summed E-state index contributed by atoms with van der Waals surface area (Å²) in [6.45, 7) is 3.63. The molecule has 56 valence electrons. The second-order valence-electron chi connectivity index (χ2n) is 2.85. The van der Waals surface area contributed by atoms with Gasteiger partial charge in [0.05, 0.1) is 11.8 Å². The van der Waals surface area contributed by atoms with E-state index < -0.39 is 11.4 Å². The van der Waals surface area contributed by atoms with Gasteiger partial charge in [-0.1, -0.05) is 6.92 Å². The number of ether oxygens (including phenoxy) is 1. The molecule has 0 aromatic rings. The van der Waals surface area contributed by atoms with Gasteiger partial charge in [-0.3, -0.25) is 9.59 Å². The minimum Gasteiger partial charge on any atom is -0.393 e. The van der Waals surface area contributed by atoms with E-state index >= 15 is 0 Å². The standard InChI is InChI=1S/C7H10O3/c1-3-7(2)4-5(8)10-6(7)9/h3-4H2,1-2H3/t7-/m0/s1. The monoisotopic (exact) mass is 142 g/mol. The number of rotatable bonds is 1. The van der Waals surface area contributed by atoms with Crippen LogP contribution in [0.5, 0.6) is 0 Å². The van der Waals surface area contributed by atoms with Crippen LogP contribution in [-0.2, 0) is 14.3 Å². The minimum absolute atomic E-state index is 0.238. The number of carbonyl (C=O) groups is 2. The maximum atomic E-state index is 10.9. The normalized spacial score (nSPS) is 32.6. The molecule has 1 rings (SSSR count). The molecule has 3 nitrogen and oxygen atoms in total. The Kier molecular flexibility index (Phi) is 1.50. The molecule has 0 unspecified atom stereocenters. The maximum absolute atomic E-state index is 10.9. The van der Waals surface area contributed by atoms with Crippen molar-refractivity contribution in [3.63, 3.8) is 0 Å². The first kappa shape index (κ1) is 7.25. The van der Waals surface area contributed by atoms with Crippen molar-refractivity contribution in [1.29, 1.82) is 0 Å². The fourth-order valence-electron chi connectivity index (χ4n) is 0.923. The van der Waals surface area contributed by atoms with E-state index in [4.69, 9.17) is 0 Å². The molecule has 0 amide bonds. The summed E-state index contributed by atoms with van der Waals surface area (Å²) in [6, 6.07) is 0. The zero-order chi connectivity index (χ0) is 7.78. The third kappa shape index (κ3) is 0.916. The van der Waals surface area contributed by atoms with Gasteiger partial charge in [0.1, 0.15) is 0 Å². The predicted molar refractivity (Wildman–Crippen MR) is 34.1 cm³/mol. The molecule has 10 heavy (non-hydrogen) atoms. The second-order valence-corrected chi connectivity index (χ2v) is 2.85. The van der Waals surface area contributed by atoms with Crippen LogP contribution in [0.15, 0.2) is 0 Å². The first-order chi connectivity index (χ1) is 4.58. The summed E-state index contributed by atoms with van der Waals surface area (Å²) < 4.78 is 4.39. The van der Waals surface area contributed by atoms with Crippen LogP contribution in [0, 0.1) is 5.41 Å². The Morgan fingerprint density at radius 3 is 2.40 bits per heavy atom. The average Bonchev–Trinajstić information content (AvgIpc) is 2.09. The molecule has 1 atom stereocenters. The summed E-state index contributed by atoms with van der Waals surface area (Å²) in [7, 11) is 0. The molecule has 0 aromatic heterocycles. The molecular weight excluding hydrogens is 132 g/mol. The van der Waals surface area contributed by atoms with Crippen molar-refractivity contribution < 1.29 is 14.3 Å². The van der Waals surface area contributed by atoms with E-state index in [1.165, 1.54) is 0 Å². The molecule has 1 heterocycles. The van der Waals surface area contributed by atoms with Crippen LogP contribution >= 0.6 is 0 Å².